The van der Waals surface area contributed by atoms with Crippen LogP contribution in [0.15, 0.2) is 174 Å². The summed E-state index contributed by atoms with van der Waals surface area (Å²) in [5.74, 6) is -0.777. The number of ether oxygens (including phenoxy) is 1. The van der Waals surface area contributed by atoms with E-state index in [1.807, 2.05) is 131 Å². The molecule has 0 saturated carbocycles. The number of pyridine rings is 1. The highest BCUT2D eigenvalue weighted by molar-refractivity contribution is 7.89. The molecular weight excluding hydrogens is 901 g/mol. The molecule has 0 aliphatic carbocycles. The average Bonchev–Trinajstić information content (AvgIpc) is 3.72. The Morgan fingerprint density at radius 1 is 0.786 bits per heavy atom. The number of urea groups is 1. The number of aliphatic hydroxyl groups excluding tert-OH is 1. The van der Waals surface area contributed by atoms with Gasteiger partial charge >= 0.3 is 6.03 Å². The number of carbonyl (C=O) groups is 2. The van der Waals surface area contributed by atoms with Crippen LogP contribution in [0, 0.1) is 11.8 Å². The molecule has 4 atom stereocenters. The minimum Gasteiger partial charge on any atom is -0.411 e. The van der Waals surface area contributed by atoms with Crippen molar-refractivity contribution < 1.29 is 33.1 Å². The number of nitrogens with zero attached hydrogens (tertiary/aromatic N) is 5. The Bertz CT molecular complexity index is 2650. The van der Waals surface area contributed by atoms with Gasteiger partial charge in [-0.2, -0.15) is 4.31 Å². The van der Waals surface area contributed by atoms with E-state index in [9.17, 15) is 23.1 Å². The van der Waals surface area contributed by atoms with E-state index in [0.29, 0.717) is 36.5 Å². The Labute approximate surface area is 412 Å². The maximum atomic E-state index is 14.7. The number of oxime groups is 1. The van der Waals surface area contributed by atoms with Crippen molar-refractivity contribution in [2.24, 2.45) is 17.0 Å². The molecule has 3 amide bonds. The highest BCUT2D eigenvalue weighted by Gasteiger charge is 2.42. The number of carbonyl (C=O) groups excluding carboxylic acids is 2. The van der Waals surface area contributed by atoms with Gasteiger partial charge in [0.1, 0.15) is 11.6 Å². The van der Waals surface area contributed by atoms with E-state index < -0.39 is 39.7 Å². The van der Waals surface area contributed by atoms with Gasteiger partial charge in [-0.05, 0) is 70.3 Å². The molecule has 5 aromatic carbocycles. The maximum Gasteiger partial charge on any atom is 0.321 e. The molecule has 70 heavy (non-hydrogen) atoms. The lowest BCUT2D eigenvalue weighted by Crippen LogP contribution is -2.57. The number of hydrogen-bond donors (Lipinski definition) is 3. The van der Waals surface area contributed by atoms with Gasteiger partial charge in [-0.1, -0.05) is 179 Å². The lowest BCUT2D eigenvalue weighted by molar-refractivity contribution is -0.128. The predicted molar refractivity (Wildman–Crippen MR) is 271 cm³/mol. The summed E-state index contributed by atoms with van der Waals surface area (Å²) < 4.78 is 36.5. The zero-order valence-corrected chi connectivity index (χ0v) is 41.1. The molecule has 366 valence electrons. The molecule has 0 unspecified atom stereocenters. The third-order valence-electron chi connectivity index (χ3n) is 12.9. The van der Waals surface area contributed by atoms with Crippen molar-refractivity contribution in [2.75, 3.05) is 26.2 Å². The first-order valence-electron chi connectivity index (χ1n) is 23.9. The number of aliphatic hydroxyl groups is 1. The molecule has 0 radical (unpaired) electrons. The lowest BCUT2D eigenvalue weighted by atomic mass is 9.80. The number of rotatable bonds is 23. The zero-order valence-electron chi connectivity index (χ0n) is 40.3. The van der Waals surface area contributed by atoms with Crippen LogP contribution in [-0.4, -0.2) is 100 Å². The van der Waals surface area contributed by atoms with Crippen LogP contribution in [0.3, 0.4) is 0 Å². The van der Waals surface area contributed by atoms with Crippen LogP contribution in [0.1, 0.15) is 73.3 Å². The molecule has 1 saturated heterocycles. The van der Waals surface area contributed by atoms with Crippen molar-refractivity contribution in [1.82, 2.24) is 24.4 Å². The zero-order chi connectivity index (χ0) is 49.7. The smallest absolute Gasteiger partial charge is 0.321 e. The van der Waals surface area contributed by atoms with E-state index in [1.54, 1.807) is 9.80 Å². The summed E-state index contributed by atoms with van der Waals surface area (Å²) in [5.41, 5.74) is 4.70. The Kier molecular flexibility index (Phi) is 17.3. The third kappa shape index (κ3) is 12.2. The molecule has 1 aliphatic heterocycles. The van der Waals surface area contributed by atoms with Crippen LogP contribution in [0.5, 0.6) is 0 Å². The first-order valence-corrected chi connectivity index (χ1v) is 25.4. The lowest BCUT2D eigenvalue weighted by Gasteiger charge is -2.36. The van der Waals surface area contributed by atoms with E-state index in [-0.39, 0.29) is 55.4 Å². The van der Waals surface area contributed by atoms with Crippen LogP contribution in [-0.2, 0) is 44.7 Å². The van der Waals surface area contributed by atoms with E-state index in [4.69, 9.17) is 14.9 Å². The van der Waals surface area contributed by atoms with Crippen molar-refractivity contribution in [3.63, 3.8) is 0 Å². The summed E-state index contributed by atoms with van der Waals surface area (Å²) in [6, 6.07) is 49.4. The van der Waals surface area contributed by atoms with Crippen LogP contribution < -0.4 is 5.32 Å². The Morgan fingerprint density at radius 3 is 1.89 bits per heavy atom. The Hall–Kier alpha value is -6.71. The molecule has 13 nitrogen and oxygen atoms in total. The summed E-state index contributed by atoms with van der Waals surface area (Å²) in [6.07, 6.45) is 0.672. The molecule has 1 fully saturated rings. The molecule has 6 aromatic rings. The van der Waals surface area contributed by atoms with Gasteiger partial charge in [0.25, 0.3) is 0 Å². The van der Waals surface area contributed by atoms with Crippen molar-refractivity contribution in [3.8, 4) is 0 Å². The van der Waals surface area contributed by atoms with Crippen LogP contribution in [0.4, 0.5) is 4.79 Å². The summed E-state index contributed by atoms with van der Waals surface area (Å²) >= 11 is 0. The van der Waals surface area contributed by atoms with Gasteiger partial charge in [0.15, 0.2) is 0 Å². The van der Waals surface area contributed by atoms with Crippen LogP contribution >= 0.6 is 0 Å². The molecule has 1 aliphatic rings. The fourth-order valence-electron chi connectivity index (χ4n) is 9.16. The minimum absolute atomic E-state index is 0.0134. The second-order valence-electron chi connectivity index (χ2n) is 18.3. The van der Waals surface area contributed by atoms with Gasteiger partial charge in [0.2, 0.25) is 15.9 Å². The predicted octanol–water partition coefficient (Wildman–Crippen LogP) is 8.49. The Balaban J connectivity index is 1.09. The summed E-state index contributed by atoms with van der Waals surface area (Å²) in [4.78, 5) is 37.4. The van der Waals surface area contributed by atoms with Gasteiger partial charge in [-0.25, -0.2) is 13.2 Å². The van der Waals surface area contributed by atoms with Crippen molar-refractivity contribution >= 4 is 28.2 Å². The second-order valence-corrected chi connectivity index (χ2v) is 20.3. The van der Waals surface area contributed by atoms with E-state index in [0.717, 1.165) is 22.3 Å². The summed E-state index contributed by atoms with van der Waals surface area (Å²) in [6.45, 7) is 8.55. The largest absolute Gasteiger partial charge is 0.411 e. The number of nitrogens with one attached hydrogen (secondary N) is 1. The first-order chi connectivity index (χ1) is 33.8. The van der Waals surface area contributed by atoms with Crippen LogP contribution in [0.2, 0.25) is 0 Å². The number of benzene rings is 5. The quantitative estimate of drug-likeness (QED) is 0.0249. The number of sulfonamides is 1. The molecule has 0 spiro atoms. The van der Waals surface area contributed by atoms with E-state index in [1.165, 1.54) is 34.8 Å². The fraction of sp³-hybridized carbons (Fsp3) is 0.321. The van der Waals surface area contributed by atoms with Gasteiger partial charge in [-0.3, -0.25) is 9.78 Å². The van der Waals surface area contributed by atoms with Gasteiger partial charge in [0.05, 0.1) is 47.8 Å². The van der Waals surface area contributed by atoms with E-state index >= 15 is 0 Å². The molecule has 3 N–H and O–H groups in total. The molecule has 2 heterocycles. The van der Waals surface area contributed by atoms with Gasteiger partial charge in [-0.15, -0.1) is 0 Å². The van der Waals surface area contributed by atoms with Crippen molar-refractivity contribution in [3.05, 3.63) is 203 Å². The molecule has 14 heteroatoms. The van der Waals surface area contributed by atoms with Gasteiger partial charge < -0.3 is 30.2 Å². The SMILES string of the molecule is CC[C@H](C)[C@@H](C(=O)N[C@@H](Cc1ccccc1)[C@H](O)CN(CC(C)C)S(=O)(=O)c1ccc(/C=N/O)cc1)N1CCN(Cc2cccc(COC(c3ccccc3)(c3ccccc3)c3ccccc3)n2)C1=O. The Morgan fingerprint density at radius 2 is 1.34 bits per heavy atom. The maximum absolute atomic E-state index is 14.7. The number of hydrogen-bond acceptors (Lipinski definition) is 9. The minimum atomic E-state index is -4.11. The topological polar surface area (TPSA) is 165 Å². The van der Waals surface area contributed by atoms with Crippen molar-refractivity contribution in [1.29, 1.82) is 0 Å². The molecule has 1 aromatic heterocycles. The molecule has 0 bridgehead atoms. The second kappa shape index (κ2) is 23.7. The standard InChI is InChI=1S/C56H64N6O7S/c1-5-42(4)53(54(64)59-51(35-43-19-10-6-11-20-43)52(63)39-61(37-41(2)3)70(67,68)50-31-29-44(30-32-50)36-57-66)62-34-33-60(55(62)65)38-48-27-18-28-49(58-48)40-69-56(45-21-12-7-13-22-45,46-23-14-8-15-24-46)47-25-16-9-17-26-47/h6-32,36,41-42,51-53,63,66H,5,33-35,37-40H2,1-4H3,(H,59,64)/b57-36+/t42-,51-,52+,53-/m0/s1. The summed E-state index contributed by atoms with van der Waals surface area (Å²) in [5, 5.41) is 27.1. The monoisotopic (exact) mass is 964 g/mol. The highest BCUT2D eigenvalue weighted by Crippen LogP contribution is 2.41. The van der Waals surface area contributed by atoms with Gasteiger partial charge in [0, 0.05) is 26.2 Å². The van der Waals surface area contributed by atoms with Crippen LogP contribution in [0.25, 0.3) is 0 Å². The third-order valence-corrected chi connectivity index (χ3v) is 14.7. The molecule has 7 rings (SSSR count). The highest BCUT2D eigenvalue weighted by atomic mass is 32.2. The molecular formula is C56H64N6O7S. The summed E-state index contributed by atoms with van der Waals surface area (Å²) in [7, 11) is -4.11. The number of aromatic nitrogens is 1. The van der Waals surface area contributed by atoms with Crippen molar-refractivity contribution in [2.45, 2.75) is 82.4 Å². The number of amides is 3. The van der Waals surface area contributed by atoms with E-state index in [2.05, 4.69) is 46.9 Å². The first kappa shape index (κ1) is 51.1. The average molecular weight is 965 g/mol. The normalized spacial score (nSPS) is 15.1. The fourth-order valence-corrected chi connectivity index (χ4v) is 10.8.